The minimum atomic E-state index is -1.30. The summed E-state index contributed by atoms with van der Waals surface area (Å²) in [6.45, 7) is 3.50. The summed E-state index contributed by atoms with van der Waals surface area (Å²) >= 11 is 0. The molecule has 0 spiro atoms. The standard InChI is InChI=1S/C24H34N6O5/c1-2-3-4-5-13-35-24(34)29-20(23(32)33)15-26-22(31)18-14-27-30(16-18)12-10-19-9-8-17-7-6-11-25-21(17)28-19/h8-9,14,16,20H,2-7,10-13,15H2,1H3,(H,25,28)(H,26,31)(H,29,34)(H,32,33). The van der Waals surface area contributed by atoms with Gasteiger partial charge < -0.3 is 25.8 Å². The van der Waals surface area contributed by atoms with Crippen LogP contribution in [0.2, 0.25) is 0 Å². The molecule has 0 saturated heterocycles. The highest BCUT2D eigenvalue weighted by Crippen LogP contribution is 2.19. The van der Waals surface area contributed by atoms with Crippen LogP contribution >= 0.6 is 0 Å². The van der Waals surface area contributed by atoms with Gasteiger partial charge in [0.1, 0.15) is 11.9 Å². The van der Waals surface area contributed by atoms with Crippen molar-refractivity contribution in [2.45, 2.75) is 64.5 Å². The van der Waals surface area contributed by atoms with Gasteiger partial charge in [0.2, 0.25) is 0 Å². The normalized spacial score (nSPS) is 13.3. The number of nitrogens with zero attached hydrogens (tertiary/aromatic N) is 3. The van der Waals surface area contributed by atoms with Gasteiger partial charge in [0.15, 0.2) is 0 Å². The molecule has 0 aliphatic carbocycles. The van der Waals surface area contributed by atoms with Crippen LogP contribution in [0.15, 0.2) is 24.5 Å². The van der Waals surface area contributed by atoms with E-state index < -0.39 is 24.0 Å². The lowest BCUT2D eigenvalue weighted by Gasteiger charge is -2.17. The Bertz CT molecular complexity index is 1010. The largest absolute Gasteiger partial charge is 0.480 e. The fourth-order valence-corrected chi connectivity index (χ4v) is 3.71. The number of rotatable bonds is 13. The molecule has 3 heterocycles. The number of carboxylic acids is 1. The Morgan fingerprint density at radius 3 is 2.91 bits per heavy atom. The third kappa shape index (κ3) is 8.27. The van der Waals surface area contributed by atoms with E-state index in [0.29, 0.717) is 18.5 Å². The van der Waals surface area contributed by atoms with Crippen LogP contribution in [-0.2, 0) is 28.9 Å². The Labute approximate surface area is 204 Å². The summed E-state index contributed by atoms with van der Waals surface area (Å²) in [4.78, 5) is 40.4. The second-order valence-electron chi connectivity index (χ2n) is 8.52. The fourth-order valence-electron chi connectivity index (χ4n) is 3.71. The van der Waals surface area contributed by atoms with Crippen molar-refractivity contribution in [2.75, 3.05) is 25.0 Å². The van der Waals surface area contributed by atoms with Crippen LogP contribution in [0.3, 0.4) is 0 Å². The Hall–Kier alpha value is -3.63. The molecule has 1 atom stereocenters. The Kier molecular flexibility index (Phi) is 9.88. The molecular formula is C24H34N6O5. The van der Waals surface area contributed by atoms with Crippen LogP contribution in [-0.4, -0.2) is 63.6 Å². The maximum absolute atomic E-state index is 12.5. The number of ether oxygens (including phenoxy) is 1. The van der Waals surface area contributed by atoms with Crippen LogP contribution in [0.1, 0.15) is 60.6 Å². The van der Waals surface area contributed by atoms with Crippen molar-refractivity contribution in [2.24, 2.45) is 0 Å². The average molecular weight is 487 g/mol. The molecule has 0 radical (unpaired) electrons. The van der Waals surface area contributed by atoms with Gasteiger partial charge in [-0.25, -0.2) is 14.6 Å². The van der Waals surface area contributed by atoms with Crippen LogP contribution < -0.4 is 16.0 Å². The van der Waals surface area contributed by atoms with E-state index >= 15 is 0 Å². The summed E-state index contributed by atoms with van der Waals surface area (Å²) in [6, 6.07) is 2.81. The van der Waals surface area contributed by atoms with E-state index in [4.69, 9.17) is 4.74 Å². The van der Waals surface area contributed by atoms with E-state index in [2.05, 4.69) is 39.0 Å². The van der Waals surface area contributed by atoms with Crippen LogP contribution in [0.4, 0.5) is 10.6 Å². The second-order valence-corrected chi connectivity index (χ2v) is 8.52. The number of aromatic nitrogens is 3. The number of pyridine rings is 1. The third-order valence-corrected chi connectivity index (χ3v) is 5.73. The molecule has 2 aromatic rings. The summed E-state index contributed by atoms with van der Waals surface area (Å²) in [5.74, 6) is -0.805. The first-order valence-corrected chi connectivity index (χ1v) is 12.2. The number of carbonyl (C=O) groups is 3. The number of aryl methyl sites for hydroxylation is 3. The Balaban J connectivity index is 1.43. The summed E-state index contributed by atoms with van der Waals surface area (Å²) < 4.78 is 6.65. The Morgan fingerprint density at radius 2 is 2.11 bits per heavy atom. The number of anilines is 1. The van der Waals surface area contributed by atoms with Crippen molar-refractivity contribution in [1.29, 1.82) is 0 Å². The molecule has 11 nitrogen and oxygen atoms in total. The summed E-state index contributed by atoms with van der Waals surface area (Å²) in [6.07, 6.45) is 8.78. The third-order valence-electron chi connectivity index (χ3n) is 5.73. The molecule has 2 amide bonds. The SMILES string of the molecule is CCCCCCOC(=O)NC(CNC(=O)c1cnn(CCc2ccc3c(n2)NCCC3)c1)C(=O)O. The number of amides is 2. The van der Waals surface area contributed by atoms with Gasteiger partial charge in [0, 0.05) is 37.9 Å². The van der Waals surface area contributed by atoms with Crippen molar-refractivity contribution >= 4 is 23.8 Å². The highest BCUT2D eigenvalue weighted by molar-refractivity contribution is 5.94. The first-order chi connectivity index (χ1) is 17.0. The van der Waals surface area contributed by atoms with Crippen molar-refractivity contribution < 1.29 is 24.2 Å². The molecule has 0 saturated carbocycles. The number of nitrogens with one attached hydrogen (secondary N) is 3. The molecule has 190 valence electrons. The second kappa shape index (κ2) is 13.3. The zero-order valence-electron chi connectivity index (χ0n) is 20.1. The van der Waals surface area contributed by atoms with Gasteiger partial charge in [0.25, 0.3) is 5.91 Å². The number of carbonyl (C=O) groups excluding carboxylic acids is 2. The molecule has 3 rings (SSSR count). The van der Waals surface area contributed by atoms with Crippen LogP contribution in [0.5, 0.6) is 0 Å². The van der Waals surface area contributed by atoms with Gasteiger partial charge >= 0.3 is 12.1 Å². The van der Waals surface area contributed by atoms with Crippen molar-refractivity contribution in [3.8, 4) is 0 Å². The maximum atomic E-state index is 12.5. The first kappa shape index (κ1) is 26.0. The van der Waals surface area contributed by atoms with Crippen molar-refractivity contribution in [3.05, 3.63) is 41.3 Å². The monoisotopic (exact) mass is 486 g/mol. The fraction of sp³-hybridized carbons (Fsp3) is 0.542. The zero-order chi connectivity index (χ0) is 25.0. The molecule has 1 aliphatic heterocycles. The van der Waals surface area contributed by atoms with E-state index in [-0.39, 0.29) is 13.2 Å². The summed E-state index contributed by atoms with van der Waals surface area (Å²) in [5.41, 5.74) is 2.47. The Morgan fingerprint density at radius 1 is 1.26 bits per heavy atom. The van der Waals surface area contributed by atoms with Crippen molar-refractivity contribution in [1.82, 2.24) is 25.4 Å². The molecule has 35 heavy (non-hydrogen) atoms. The van der Waals surface area contributed by atoms with Gasteiger partial charge in [-0.15, -0.1) is 0 Å². The molecule has 4 N–H and O–H groups in total. The highest BCUT2D eigenvalue weighted by Gasteiger charge is 2.22. The number of alkyl carbamates (subject to hydrolysis) is 1. The molecule has 1 unspecified atom stereocenters. The van der Waals surface area contributed by atoms with Gasteiger partial charge in [-0.1, -0.05) is 32.3 Å². The summed E-state index contributed by atoms with van der Waals surface area (Å²) in [5, 5.41) is 21.7. The first-order valence-electron chi connectivity index (χ1n) is 12.2. The van der Waals surface area contributed by atoms with Gasteiger partial charge in [-0.2, -0.15) is 5.10 Å². The van der Waals surface area contributed by atoms with E-state index in [1.54, 1.807) is 10.9 Å². The highest BCUT2D eigenvalue weighted by atomic mass is 16.5. The number of aliphatic carboxylic acids is 1. The maximum Gasteiger partial charge on any atom is 0.407 e. The number of hydrogen-bond acceptors (Lipinski definition) is 7. The molecule has 11 heteroatoms. The van der Waals surface area contributed by atoms with E-state index in [1.165, 1.54) is 11.8 Å². The number of hydrogen-bond donors (Lipinski definition) is 4. The topological polar surface area (TPSA) is 147 Å². The van der Waals surface area contributed by atoms with Gasteiger partial charge in [-0.3, -0.25) is 9.48 Å². The predicted octanol–water partition coefficient (Wildman–Crippen LogP) is 2.37. The van der Waals surface area contributed by atoms with Gasteiger partial charge in [0.05, 0.1) is 18.4 Å². The van der Waals surface area contributed by atoms with E-state index in [0.717, 1.165) is 56.6 Å². The molecule has 0 bridgehead atoms. The smallest absolute Gasteiger partial charge is 0.407 e. The van der Waals surface area contributed by atoms with Crippen molar-refractivity contribution in [3.63, 3.8) is 0 Å². The van der Waals surface area contributed by atoms with Crippen LogP contribution in [0.25, 0.3) is 0 Å². The number of unbranched alkanes of at least 4 members (excludes halogenated alkanes) is 3. The van der Waals surface area contributed by atoms with Gasteiger partial charge in [-0.05, 0) is 30.9 Å². The zero-order valence-corrected chi connectivity index (χ0v) is 20.1. The molecule has 1 aliphatic rings. The minimum Gasteiger partial charge on any atom is -0.480 e. The average Bonchev–Trinajstić information content (AvgIpc) is 3.34. The number of carboxylic acid groups (broad SMARTS) is 1. The molecule has 2 aromatic heterocycles. The van der Waals surface area contributed by atoms with Crippen LogP contribution in [0, 0.1) is 0 Å². The molecule has 0 aromatic carbocycles. The lowest BCUT2D eigenvalue weighted by atomic mass is 10.1. The summed E-state index contributed by atoms with van der Waals surface area (Å²) in [7, 11) is 0. The quantitative estimate of drug-likeness (QED) is 0.316. The lowest BCUT2D eigenvalue weighted by Crippen LogP contribution is -2.48. The molecule has 0 fully saturated rings. The minimum absolute atomic E-state index is 0.223. The number of fused-ring (bicyclic) bond motifs is 1. The molecular weight excluding hydrogens is 452 g/mol. The lowest BCUT2D eigenvalue weighted by molar-refractivity contribution is -0.139. The van der Waals surface area contributed by atoms with E-state index in [9.17, 15) is 19.5 Å². The van der Waals surface area contributed by atoms with E-state index in [1.807, 2.05) is 6.07 Å². The predicted molar refractivity (Wildman–Crippen MR) is 129 cm³/mol.